The van der Waals surface area contributed by atoms with Crippen LogP contribution in [0.5, 0.6) is 0 Å². The molecule has 24 heavy (non-hydrogen) atoms. The summed E-state index contributed by atoms with van der Waals surface area (Å²) in [6.07, 6.45) is 0. The number of hydrogen-bond donors (Lipinski definition) is 4. The number of carbonyl (C=O) groups excluding carboxylic acids is 1. The van der Waals surface area contributed by atoms with Crippen molar-refractivity contribution in [1.29, 1.82) is 0 Å². The maximum Gasteiger partial charge on any atom is 0.296 e. The van der Waals surface area contributed by atoms with Gasteiger partial charge in [-0.15, -0.1) is 0 Å². The fourth-order valence-electron chi connectivity index (χ4n) is 1.86. The topological polar surface area (TPSA) is 164 Å². The molecule has 0 unspecified atom stereocenters. The number of carbonyl (C=O) groups is 1. The molecule has 2 rings (SSSR count). The third-order valence-electron chi connectivity index (χ3n) is 2.94. The fraction of sp³-hybridized carbons (Fsp3) is 0. The van der Waals surface area contributed by atoms with Crippen LogP contribution in [0.2, 0.25) is 0 Å². The number of nitrogens with two attached hydrogens (primary N) is 1. The smallest absolute Gasteiger partial charge is 0.296 e. The van der Waals surface area contributed by atoms with Gasteiger partial charge >= 0.3 is 0 Å². The number of benzene rings is 2. The van der Waals surface area contributed by atoms with E-state index in [1.807, 2.05) is 0 Å². The van der Waals surface area contributed by atoms with Crippen molar-refractivity contribution < 1.29 is 30.7 Å². The standard InChI is InChI=1S/C13H12N2O7S2/c14-11-7-9(4-5-12(11)24(20,21)22)15-13(16)8-2-1-3-10(6-8)23(17,18)19/h1-7H,14H2,(H,15,16)(H,17,18,19)(H,20,21,22). The van der Waals surface area contributed by atoms with Gasteiger partial charge in [-0.2, -0.15) is 16.8 Å². The summed E-state index contributed by atoms with van der Waals surface area (Å²) in [6.45, 7) is 0. The first-order valence-corrected chi connectivity index (χ1v) is 9.12. The van der Waals surface area contributed by atoms with Gasteiger partial charge in [-0.1, -0.05) is 6.07 Å². The van der Waals surface area contributed by atoms with E-state index >= 15 is 0 Å². The second-order valence-electron chi connectivity index (χ2n) is 4.68. The predicted octanol–water partition coefficient (Wildman–Crippen LogP) is 1.01. The van der Waals surface area contributed by atoms with E-state index in [0.29, 0.717) is 0 Å². The average molecular weight is 372 g/mol. The van der Waals surface area contributed by atoms with Crippen molar-refractivity contribution in [3.05, 3.63) is 48.0 Å². The molecule has 0 fully saturated rings. The van der Waals surface area contributed by atoms with E-state index in [4.69, 9.17) is 14.8 Å². The van der Waals surface area contributed by atoms with Crippen LogP contribution in [-0.2, 0) is 20.2 Å². The molecule has 0 aliphatic heterocycles. The Hall–Kier alpha value is -2.47. The molecule has 0 aromatic heterocycles. The molecule has 1 amide bonds. The van der Waals surface area contributed by atoms with Gasteiger partial charge in [0.2, 0.25) is 0 Å². The van der Waals surface area contributed by atoms with Crippen LogP contribution in [0, 0.1) is 0 Å². The SMILES string of the molecule is Nc1cc(NC(=O)c2cccc(S(=O)(=O)O)c2)ccc1S(=O)(=O)O. The van der Waals surface area contributed by atoms with Crippen molar-refractivity contribution in [1.82, 2.24) is 0 Å². The minimum atomic E-state index is -4.49. The van der Waals surface area contributed by atoms with E-state index < -0.39 is 35.9 Å². The van der Waals surface area contributed by atoms with Crippen molar-refractivity contribution >= 4 is 37.5 Å². The Morgan fingerprint density at radius 2 is 1.62 bits per heavy atom. The van der Waals surface area contributed by atoms with Gasteiger partial charge in [-0.05, 0) is 36.4 Å². The zero-order chi connectivity index (χ0) is 18.1. The van der Waals surface area contributed by atoms with Crippen molar-refractivity contribution in [2.75, 3.05) is 11.1 Å². The average Bonchev–Trinajstić information content (AvgIpc) is 2.45. The number of amides is 1. The Bertz CT molecular complexity index is 1010. The van der Waals surface area contributed by atoms with E-state index in [-0.39, 0.29) is 16.9 Å². The Kier molecular flexibility index (Phi) is 4.62. The van der Waals surface area contributed by atoms with Crippen LogP contribution < -0.4 is 11.1 Å². The highest BCUT2D eigenvalue weighted by Gasteiger charge is 2.16. The second-order valence-corrected chi connectivity index (χ2v) is 7.50. The van der Waals surface area contributed by atoms with E-state index in [1.54, 1.807) is 0 Å². The van der Waals surface area contributed by atoms with Crippen molar-refractivity contribution in [2.24, 2.45) is 0 Å². The van der Waals surface area contributed by atoms with E-state index in [9.17, 15) is 21.6 Å². The van der Waals surface area contributed by atoms with Gasteiger partial charge in [0.15, 0.2) is 0 Å². The normalized spacial score (nSPS) is 11.9. The van der Waals surface area contributed by atoms with Crippen LogP contribution >= 0.6 is 0 Å². The molecule has 0 heterocycles. The van der Waals surface area contributed by atoms with E-state index in [1.165, 1.54) is 18.2 Å². The lowest BCUT2D eigenvalue weighted by molar-refractivity contribution is 0.102. The highest BCUT2D eigenvalue weighted by Crippen LogP contribution is 2.23. The zero-order valence-electron chi connectivity index (χ0n) is 11.9. The van der Waals surface area contributed by atoms with Gasteiger partial charge in [0.25, 0.3) is 26.1 Å². The molecule has 128 valence electrons. The number of anilines is 2. The van der Waals surface area contributed by atoms with Crippen LogP contribution in [0.25, 0.3) is 0 Å². The summed E-state index contributed by atoms with van der Waals surface area (Å²) in [7, 11) is -8.94. The molecule has 11 heteroatoms. The molecule has 2 aromatic rings. The van der Waals surface area contributed by atoms with Gasteiger partial charge in [0.05, 0.1) is 10.6 Å². The van der Waals surface area contributed by atoms with Gasteiger partial charge in [0, 0.05) is 11.3 Å². The van der Waals surface area contributed by atoms with Gasteiger partial charge < -0.3 is 11.1 Å². The Morgan fingerprint density at radius 1 is 0.958 bits per heavy atom. The molecule has 0 radical (unpaired) electrons. The first-order chi connectivity index (χ1) is 11.0. The molecule has 5 N–H and O–H groups in total. The minimum absolute atomic E-state index is 0.0532. The maximum absolute atomic E-state index is 12.1. The lowest BCUT2D eigenvalue weighted by atomic mass is 10.2. The van der Waals surface area contributed by atoms with Gasteiger partial charge in [-0.3, -0.25) is 13.9 Å². The monoisotopic (exact) mass is 372 g/mol. The molecule has 0 aliphatic rings. The maximum atomic E-state index is 12.1. The molecule has 9 nitrogen and oxygen atoms in total. The number of nitrogens with one attached hydrogen (secondary N) is 1. The summed E-state index contributed by atoms with van der Waals surface area (Å²) in [5, 5.41) is 2.38. The lowest BCUT2D eigenvalue weighted by Crippen LogP contribution is -2.13. The molecule has 0 aliphatic carbocycles. The van der Waals surface area contributed by atoms with Crippen LogP contribution in [0.3, 0.4) is 0 Å². The van der Waals surface area contributed by atoms with Crippen LogP contribution in [0.1, 0.15) is 10.4 Å². The molecule has 2 aromatic carbocycles. The van der Waals surface area contributed by atoms with Crippen LogP contribution in [-0.4, -0.2) is 31.8 Å². The predicted molar refractivity (Wildman–Crippen MR) is 84.9 cm³/mol. The highest BCUT2D eigenvalue weighted by molar-refractivity contribution is 7.86. The Balaban J connectivity index is 2.29. The minimum Gasteiger partial charge on any atom is -0.398 e. The van der Waals surface area contributed by atoms with Crippen molar-refractivity contribution in [2.45, 2.75) is 9.79 Å². The number of rotatable bonds is 4. The van der Waals surface area contributed by atoms with E-state index in [0.717, 1.165) is 24.3 Å². The second kappa shape index (κ2) is 6.20. The van der Waals surface area contributed by atoms with Crippen molar-refractivity contribution in [3.8, 4) is 0 Å². The highest BCUT2D eigenvalue weighted by atomic mass is 32.2. The van der Waals surface area contributed by atoms with Crippen LogP contribution in [0.15, 0.2) is 52.3 Å². The zero-order valence-corrected chi connectivity index (χ0v) is 13.5. The molecular weight excluding hydrogens is 360 g/mol. The molecule has 0 atom stereocenters. The number of hydrogen-bond acceptors (Lipinski definition) is 6. The summed E-state index contributed by atoms with van der Waals surface area (Å²) in [5.74, 6) is -0.709. The summed E-state index contributed by atoms with van der Waals surface area (Å²) < 4.78 is 62.2. The third kappa shape index (κ3) is 4.08. The van der Waals surface area contributed by atoms with Gasteiger partial charge in [-0.25, -0.2) is 0 Å². The Morgan fingerprint density at radius 3 is 2.17 bits per heavy atom. The molecule has 0 spiro atoms. The molecular formula is C13H12N2O7S2. The summed E-state index contributed by atoms with van der Waals surface area (Å²) >= 11 is 0. The Labute approximate surface area is 137 Å². The molecule has 0 saturated heterocycles. The largest absolute Gasteiger partial charge is 0.398 e. The fourth-order valence-corrected chi connectivity index (χ4v) is 2.99. The van der Waals surface area contributed by atoms with Crippen molar-refractivity contribution in [3.63, 3.8) is 0 Å². The molecule has 0 bridgehead atoms. The quantitative estimate of drug-likeness (QED) is 0.456. The summed E-state index contributed by atoms with van der Waals surface area (Å²) in [4.78, 5) is 11.1. The van der Waals surface area contributed by atoms with E-state index in [2.05, 4.69) is 5.32 Å². The third-order valence-corrected chi connectivity index (χ3v) is 4.72. The first-order valence-electron chi connectivity index (χ1n) is 6.24. The lowest BCUT2D eigenvalue weighted by Gasteiger charge is -2.08. The number of nitrogen functional groups attached to an aromatic ring is 1. The summed E-state index contributed by atoms with van der Waals surface area (Å²) in [6, 6.07) is 8.01. The van der Waals surface area contributed by atoms with Crippen LogP contribution in [0.4, 0.5) is 11.4 Å². The van der Waals surface area contributed by atoms with Gasteiger partial charge in [0.1, 0.15) is 4.90 Å². The summed E-state index contributed by atoms with van der Waals surface area (Å²) in [5.41, 5.74) is 5.30. The molecule has 0 saturated carbocycles. The first kappa shape index (κ1) is 17.9.